The first-order valence-electron chi connectivity index (χ1n) is 16.3. The number of ether oxygens (including phenoxy) is 1. The Bertz CT molecular complexity index is 1740. The second-order valence-electron chi connectivity index (χ2n) is 15.5. The summed E-state index contributed by atoms with van der Waals surface area (Å²) in [5, 5.41) is 34.3. The molecule has 3 heterocycles. The van der Waals surface area contributed by atoms with Gasteiger partial charge in [0, 0.05) is 48.6 Å². The summed E-state index contributed by atoms with van der Waals surface area (Å²) in [6.45, 7) is 13.2. The standard InChI is InChI=1S/C26H34N6O5S2.C10H16N/c1-24(2,3)16-9-14(10-17(19(16)33)25(4,5)6)11-27-26(37-8)21(36)32-18(20(34)35)15(12-38-22(26)32)13-39-23-28-29-30-31(23)7;1-11(2,3)9-10-7-5-4-6-8-10/h9-11,22,33H,12-13H2,1-8H3,(H,34,35);4-8H,9H2,1-3H3/q;+1/p-1/b27-11+;/t22-,26+;/m1./s1. The molecule has 0 radical (unpaired) electrons. The maximum Gasteiger partial charge on any atom is 0.286 e. The number of benzene rings is 2. The molecule has 0 aliphatic carbocycles. The summed E-state index contributed by atoms with van der Waals surface area (Å²) in [5.41, 5.74) is 1.75. The number of hydrogen-bond donors (Lipinski definition) is 1. The third-order valence-corrected chi connectivity index (χ3v) is 10.7. The molecule has 12 nitrogen and oxygen atoms in total. The molecule has 2 aliphatic rings. The van der Waals surface area contributed by atoms with Gasteiger partial charge < -0.3 is 24.2 Å². The molecule has 1 aromatic heterocycles. The van der Waals surface area contributed by atoms with Crippen molar-refractivity contribution in [3.05, 3.63) is 76.0 Å². The summed E-state index contributed by atoms with van der Waals surface area (Å²) in [5.74, 6) is -1.14. The monoisotopic (exact) mass is 723 g/mol. The number of aromatic hydroxyl groups is 1. The molecule has 50 heavy (non-hydrogen) atoms. The molecular formula is C36H49N7O5S2. The van der Waals surface area contributed by atoms with Crippen LogP contribution in [0.15, 0.2) is 63.9 Å². The minimum Gasteiger partial charge on any atom is -0.543 e. The smallest absolute Gasteiger partial charge is 0.286 e. The number of aromatic nitrogens is 4. The van der Waals surface area contributed by atoms with Crippen molar-refractivity contribution in [2.45, 2.75) is 75.2 Å². The number of thioether (sulfide) groups is 2. The van der Waals surface area contributed by atoms with Crippen LogP contribution >= 0.6 is 23.5 Å². The number of phenols is 1. The first kappa shape index (κ1) is 39.1. The van der Waals surface area contributed by atoms with Crippen molar-refractivity contribution in [2.24, 2.45) is 12.0 Å². The van der Waals surface area contributed by atoms with E-state index in [-0.39, 0.29) is 28.0 Å². The summed E-state index contributed by atoms with van der Waals surface area (Å²) in [6, 6.07) is 14.3. The molecule has 0 saturated carbocycles. The van der Waals surface area contributed by atoms with E-state index in [0.29, 0.717) is 22.0 Å². The number of carboxylic acid groups (broad SMARTS) is 1. The molecule has 2 atom stereocenters. The summed E-state index contributed by atoms with van der Waals surface area (Å²) < 4.78 is 8.14. The highest BCUT2D eigenvalue weighted by molar-refractivity contribution is 8.01. The summed E-state index contributed by atoms with van der Waals surface area (Å²) in [7, 11) is 9.68. The van der Waals surface area contributed by atoms with Gasteiger partial charge in [-0.15, -0.1) is 16.9 Å². The van der Waals surface area contributed by atoms with Gasteiger partial charge >= 0.3 is 0 Å². The number of carboxylic acids is 1. The van der Waals surface area contributed by atoms with Crippen LogP contribution in [0.5, 0.6) is 5.75 Å². The fraction of sp³-hybridized carbons (Fsp3) is 0.500. The van der Waals surface area contributed by atoms with Crippen molar-refractivity contribution in [2.75, 3.05) is 39.8 Å². The fourth-order valence-electron chi connectivity index (χ4n) is 5.70. The van der Waals surface area contributed by atoms with Crippen LogP contribution < -0.4 is 5.11 Å². The largest absolute Gasteiger partial charge is 0.543 e. The first-order valence-corrected chi connectivity index (χ1v) is 18.3. The zero-order valence-corrected chi connectivity index (χ0v) is 32.5. The first-order chi connectivity index (χ1) is 23.2. The van der Waals surface area contributed by atoms with Crippen molar-refractivity contribution >= 4 is 41.6 Å². The van der Waals surface area contributed by atoms with Crippen LogP contribution in [-0.4, -0.2) is 104 Å². The molecule has 3 aromatic rings. The van der Waals surface area contributed by atoms with Crippen LogP contribution in [0.3, 0.4) is 0 Å². The highest BCUT2D eigenvalue weighted by Crippen LogP contribution is 2.49. The number of carbonyl (C=O) groups excluding carboxylic acids is 2. The molecule has 0 bridgehead atoms. The van der Waals surface area contributed by atoms with Gasteiger partial charge in [0.2, 0.25) is 5.16 Å². The van der Waals surface area contributed by atoms with Gasteiger partial charge in [-0.3, -0.25) is 9.69 Å². The SMILES string of the molecule is CO[C@@]1(/N=C/c2cc(C(C)(C)C)c(O)c(C(C)(C)C)c2)C(=O)N2C(C(=O)[O-])=C(CSc3nnnn3C)CS[C@@H]21.C[N+](C)(C)Cc1ccccc1. The average molecular weight is 724 g/mol. The van der Waals surface area contributed by atoms with Crippen molar-refractivity contribution in [3.8, 4) is 5.75 Å². The van der Waals surface area contributed by atoms with Crippen LogP contribution in [0.2, 0.25) is 0 Å². The zero-order chi connectivity index (χ0) is 37.2. The predicted molar refractivity (Wildman–Crippen MR) is 196 cm³/mol. The number of phenolic OH excluding ortho intramolecular Hbond substituents is 1. The van der Waals surface area contributed by atoms with Gasteiger partial charge in [0.15, 0.2) is 0 Å². The van der Waals surface area contributed by atoms with E-state index in [1.54, 1.807) is 13.3 Å². The Balaban J connectivity index is 0.000000435. The van der Waals surface area contributed by atoms with Crippen molar-refractivity contribution < 1.29 is 29.0 Å². The third kappa shape index (κ3) is 8.59. The number of hydrogen-bond acceptors (Lipinski definition) is 11. The number of quaternary nitrogens is 1. The summed E-state index contributed by atoms with van der Waals surface area (Å²) in [4.78, 5) is 31.5. The Hall–Kier alpha value is -3.72. The van der Waals surface area contributed by atoms with Crippen LogP contribution in [0.4, 0.5) is 0 Å². The van der Waals surface area contributed by atoms with E-state index in [4.69, 9.17) is 4.74 Å². The number of amides is 1. The van der Waals surface area contributed by atoms with E-state index < -0.39 is 23.0 Å². The topological polar surface area (TPSA) is 146 Å². The van der Waals surface area contributed by atoms with Crippen molar-refractivity contribution in [1.29, 1.82) is 0 Å². The molecule has 0 spiro atoms. The summed E-state index contributed by atoms with van der Waals surface area (Å²) in [6.07, 6.45) is 1.57. The number of β-lactam (4-membered cyclic amide) rings is 1. The van der Waals surface area contributed by atoms with Crippen molar-refractivity contribution in [3.63, 3.8) is 0 Å². The van der Waals surface area contributed by atoms with Crippen molar-refractivity contribution in [1.82, 2.24) is 25.1 Å². The molecule has 5 rings (SSSR count). The molecule has 2 aliphatic heterocycles. The Labute approximate surface area is 303 Å². The number of tetrazole rings is 1. The lowest BCUT2D eigenvalue weighted by atomic mass is 9.78. The van der Waals surface area contributed by atoms with Crippen LogP contribution in [-0.2, 0) is 38.7 Å². The number of methoxy groups -OCH3 is 1. The fourth-order valence-corrected chi connectivity index (χ4v) is 8.12. The number of fused-ring (bicyclic) bond motifs is 1. The van der Waals surface area contributed by atoms with E-state index in [1.807, 2.05) is 53.7 Å². The second-order valence-corrected chi connectivity index (χ2v) is 17.5. The predicted octanol–water partition coefficient (Wildman–Crippen LogP) is 3.88. The number of aliphatic imine (C=N–C) groups is 1. The number of nitrogens with zero attached hydrogens (tertiary/aromatic N) is 7. The number of carbonyl (C=O) groups is 2. The van der Waals surface area contributed by atoms with Gasteiger partial charge in [-0.1, -0.05) is 83.6 Å². The minimum atomic E-state index is -1.58. The van der Waals surface area contributed by atoms with E-state index in [0.717, 1.165) is 22.2 Å². The maximum atomic E-state index is 13.5. The molecule has 1 N–H and O–H groups in total. The average Bonchev–Trinajstić information content (AvgIpc) is 3.43. The quantitative estimate of drug-likeness (QED) is 0.150. The number of aliphatic carboxylic acids is 1. The van der Waals surface area contributed by atoms with Gasteiger partial charge in [-0.2, -0.15) is 0 Å². The van der Waals surface area contributed by atoms with Gasteiger partial charge in [0.25, 0.3) is 11.6 Å². The molecule has 0 unspecified atom stereocenters. The highest BCUT2D eigenvalue weighted by Gasteiger charge is 2.65. The highest BCUT2D eigenvalue weighted by atomic mass is 32.2. The van der Waals surface area contributed by atoms with E-state index in [2.05, 4.69) is 72.0 Å². The zero-order valence-electron chi connectivity index (χ0n) is 30.8. The lowest BCUT2D eigenvalue weighted by Gasteiger charge is -2.54. The van der Waals surface area contributed by atoms with E-state index in [1.165, 1.54) is 45.8 Å². The van der Waals surface area contributed by atoms with Crippen LogP contribution in [0.25, 0.3) is 0 Å². The van der Waals surface area contributed by atoms with Gasteiger partial charge in [-0.05, 0) is 44.5 Å². The van der Waals surface area contributed by atoms with E-state index in [9.17, 15) is 19.8 Å². The molecule has 14 heteroatoms. The molecule has 1 saturated heterocycles. The maximum absolute atomic E-state index is 13.5. The summed E-state index contributed by atoms with van der Waals surface area (Å²) >= 11 is 2.65. The second kappa shape index (κ2) is 14.9. The Morgan fingerprint density at radius 1 is 1.14 bits per heavy atom. The molecule has 270 valence electrons. The lowest BCUT2D eigenvalue weighted by molar-refractivity contribution is -0.884. The molecule has 1 fully saturated rings. The van der Waals surface area contributed by atoms with Crippen LogP contribution in [0.1, 0.15) is 63.8 Å². The van der Waals surface area contributed by atoms with E-state index >= 15 is 0 Å². The molecular weight excluding hydrogens is 675 g/mol. The van der Waals surface area contributed by atoms with Gasteiger partial charge in [0.1, 0.15) is 17.7 Å². The number of aryl methyl sites for hydroxylation is 1. The number of rotatable bonds is 9. The van der Waals surface area contributed by atoms with Gasteiger partial charge in [0.05, 0.1) is 32.8 Å². The Kier molecular flexibility index (Phi) is 11.6. The van der Waals surface area contributed by atoms with Gasteiger partial charge in [-0.25, -0.2) is 9.67 Å². The lowest BCUT2D eigenvalue weighted by Crippen LogP contribution is -2.74. The molecule has 1 amide bonds. The Morgan fingerprint density at radius 3 is 2.22 bits per heavy atom. The Morgan fingerprint density at radius 2 is 1.74 bits per heavy atom. The minimum absolute atomic E-state index is 0.163. The normalized spacial score (nSPS) is 19.6. The molecule has 2 aromatic carbocycles. The van der Waals surface area contributed by atoms with Crippen LogP contribution in [0, 0.1) is 0 Å². The third-order valence-electron chi connectivity index (χ3n) is 8.20.